The molecule has 3 N–H and O–H groups in total. The Labute approximate surface area is 193 Å². The van der Waals surface area contributed by atoms with E-state index >= 15 is 0 Å². The fraction of sp³-hybridized carbons (Fsp3) is 0.591. The van der Waals surface area contributed by atoms with Crippen LogP contribution in [0.3, 0.4) is 0 Å². The topological polar surface area (TPSA) is 80.5 Å². The number of carbonyl (C=O) groups is 2. The Balaban J connectivity index is 1.55. The molecule has 0 atom stereocenters. The van der Waals surface area contributed by atoms with E-state index in [1.807, 2.05) is 36.9 Å². The van der Waals surface area contributed by atoms with E-state index in [0.717, 1.165) is 58.5 Å². The Bertz CT molecular complexity index is 947. The maximum absolute atomic E-state index is 13.1. The zero-order chi connectivity index (χ0) is 22.4. The van der Waals surface area contributed by atoms with Crippen molar-refractivity contribution in [3.8, 4) is 0 Å². The number of nitrogens with zero attached hydrogens (tertiary/aromatic N) is 2. The van der Waals surface area contributed by atoms with E-state index in [2.05, 4.69) is 22.5 Å². The van der Waals surface area contributed by atoms with E-state index < -0.39 is 0 Å². The summed E-state index contributed by atoms with van der Waals surface area (Å²) in [5.74, 6) is 0. The number of likely N-dealkylation sites (tertiary alicyclic amines) is 1. The lowest BCUT2D eigenvalue weighted by molar-refractivity contribution is 0.176. The normalized spacial score (nSPS) is 14.8. The van der Waals surface area contributed by atoms with Crippen LogP contribution in [-0.4, -0.2) is 53.7 Å². The van der Waals surface area contributed by atoms with Gasteiger partial charge < -0.3 is 20.5 Å². The maximum Gasteiger partial charge on any atom is 0.322 e. The first-order chi connectivity index (χ1) is 14.9. The number of benzene rings is 1. The van der Waals surface area contributed by atoms with Crippen molar-refractivity contribution in [3.63, 3.8) is 0 Å². The number of unbranched alkanes of at least 4 members (excludes halogenated alkanes) is 2. The molecule has 1 aromatic carbocycles. The van der Waals surface area contributed by atoms with Crippen LogP contribution in [-0.2, 0) is 0 Å². The van der Waals surface area contributed by atoms with Crippen LogP contribution in [0, 0.1) is 3.95 Å². The second-order valence-corrected chi connectivity index (χ2v) is 10.0. The number of anilines is 1. The van der Waals surface area contributed by atoms with Gasteiger partial charge in [0.1, 0.15) is 0 Å². The van der Waals surface area contributed by atoms with Gasteiger partial charge in [-0.15, -0.1) is 11.3 Å². The molecular formula is C22H33N5O2S2. The number of amides is 4. The number of nitrogens with one attached hydrogen (secondary N) is 3. The van der Waals surface area contributed by atoms with Gasteiger partial charge in [-0.2, -0.15) is 0 Å². The maximum atomic E-state index is 13.1. The first-order valence-corrected chi connectivity index (χ1v) is 12.4. The van der Waals surface area contributed by atoms with Gasteiger partial charge in [-0.05, 0) is 63.5 Å². The van der Waals surface area contributed by atoms with Gasteiger partial charge in [0.15, 0.2) is 3.95 Å². The van der Waals surface area contributed by atoms with Crippen LogP contribution in [0.1, 0.15) is 52.9 Å². The Morgan fingerprint density at radius 1 is 1.29 bits per heavy atom. The number of aromatic amines is 1. The lowest BCUT2D eigenvalue weighted by Gasteiger charge is -2.34. The van der Waals surface area contributed by atoms with E-state index in [4.69, 9.17) is 12.2 Å². The molecule has 0 unspecified atom stereocenters. The highest BCUT2D eigenvalue weighted by Gasteiger charge is 2.27. The average molecular weight is 464 g/mol. The lowest BCUT2D eigenvalue weighted by atomic mass is 10.1. The van der Waals surface area contributed by atoms with Gasteiger partial charge in [0.25, 0.3) is 0 Å². The largest absolute Gasteiger partial charge is 0.338 e. The third kappa shape index (κ3) is 6.20. The van der Waals surface area contributed by atoms with Crippen molar-refractivity contribution in [1.29, 1.82) is 0 Å². The molecule has 0 aliphatic carbocycles. The van der Waals surface area contributed by atoms with Crippen molar-refractivity contribution in [2.24, 2.45) is 0 Å². The van der Waals surface area contributed by atoms with Gasteiger partial charge in [-0.3, -0.25) is 4.90 Å². The summed E-state index contributed by atoms with van der Waals surface area (Å²) in [4.78, 5) is 32.2. The molecule has 7 nitrogen and oxygen atoms in total. The van der Waals surface area contributed by atoms with Crippen molar-refractivity contribution in [2.75, 3.05) is 24.5 Å². The van der Waals surface area contributed by atoms with Crippen molar-refractivity contribution < 1.29 is 9.59 Å². The Hall–Kier alpha value is -2.13. The third-order valence-electron chi connectivity index (χ3n) is 5.58. The highest BCUT2D eigenvalue weighted by atomic mass is 32.1. The molecule has 1 aliphatic heterocycles. The van der Waals surface area contributed by atoms with Crippen LogP contribution in [0.25, 0.3) is 10.2 Å². The highest BCUT2D eigenvalue weighted by Crippen LogP contribution is 2.27. The SMILES string of the molecule is CCCCCNC(=O)N1CCC(NC(=O)N(c2ccc3[nH]c(=S)sc3c2)C(C)C)CC1. The molecule has 4 amide bonds. The number of urea groups is 2. The first kappa shape index (κ1) is 23.5. The zero-order valence-electron chi connectivity index (χ0n) is 18.6. The number of H-pyrrole nitrogens is 1. The van der Waals surface area contributed by atoms with Crippen LogP contribution >= 0.6 is 23.6 Å². The Kier molecular flexibility index (Phi) is 8.31. The molecule has 0 radical (unpaired) electrons. The predicted molar refractivity (Wildman–Crippen MR) is 131 cm³/mol. The fourth-order valence-electron chi connectivity index (χ4n) is 3.89. The minimum atomic E-state index is -0.101. The van der Waals surface area contributed by atoms with Gasteiger partial charge >= 0.3 is 12.1 Å². The summed E-state index contributed by atoms with van der Waals surface area (Å²) < 4.78 is 1.77. The molecule has 2 aromatic rings. The van der Waals surface area contributed by atoms with Crippen LogP contribution < -0.4 is 15.5 Å². The molecular weight excluding hydrogens is 430 g/mol. The smallest absolute Gasteiger partial charge is 0.322 e. The Morgan fingerprint density at radius 3 is 2.71 bits per heavy atom. The highest BCUT2D eigenvalue weighted by molar-refractivity contribution is 7.73. The number of aromatic nitrogens is 1. The van der Waals surface area contributed by atoms with Gasteiger partial charge in [-0.1, -0.05) is 19.8 Å². The molecule has 1 saturated heterocycles. The molecule has 9 heteroatoms. The van der Waals surface area contributed by atoms with Gasteiger partial charge in [0.05, 0.1) is 10.2 Å². The summed E-state index contributed by atoms with van der Waals surface area (Å²) in [6, 6.07) is 5.91. The molecule has 170 valence electrons. The summed E-state index contributed by atoms with van der Waals surface area (Å²) >= 11 is 6.75. The zero-order valence-corrected chi connectivity index (χ0v) is 20.2. The van der Waals surface area contributed by atoms with E-state index in [1.165, 1.54) is 11.3 Å². The summed E-state index contributed by atoms with van der Waals surface area (Å²) in [5, 5.41) is 6.17. The third-order valence-corrected chi connectivity index (χ3v) is 6.78. The second kappa shape index (κ2) is 10.9. The second-order valence-electron chi connectivity index (χ2n) is 8.31. The molecule has 1 aliphatic rings. The number of carbonyl (C=O) groups excluding carboxylic acids is 2. The van der Waals surface area contributed by atoms with Crippen LogP contribution in [0.2, 0.25) is 0 Å². The minimum absolute atomic E-state index is 0.00634. The summed E-state index contributed by atoms with van der Waals surface area (Å²) in [6.07, 6.45) is 4.81. The van der Waals surface area contributed by atoms with Crippen LogP contribution in [0.5, 0.6) is 0 Å². The van der Waals surface area contributed by atoms with Crippen LogP contribution in [0.4, 0.5) is 15.3 Å². The fourth-order valence-corrected chi connectivity index (χ4v) is 5.04. The number of hydrogen-bond acceptors (Lipinski definition) is 4. The number of rotatable bonds is 7. The summed E-state index contributed by atoms with van der Waals surface area (Å²) in [5.41, 5.74) is 1.84. The van der Waals surface area contributed by atoms with Crippen molar-refractivity contribution in [3.05, 3.63) is 22.2 Å². The quantitative estimate of drug-likeness (QED) is 0.388. The molecule has 1 aromatic heterocycles. The molecule has 31 heavy (non-hydrogen) atoms. The van der Waals surface area contributed by atoms with Gasteiger partial charge in [0.2, 0.25) is 0 Å². The number of hydrogen-bond donors (Lipinski definition) is 3. The monoisotopic (exact) mass is 463 g/mol. The molecule has 1 fully saturated rings. The van der Waals surface area contributed by atoms with Crippen LogP contribution in [0.15, 0.2) is 18.2 Å². The van der Waals surface area contributed by atoms with Crippen molar-refractivity contribution in [2.45, 2.75) is 65.0 Å². The van der Waals surface area contributed by atoms with Gasteiger partial charge in [-0.25, -0.2) is 9.59 Å². The number of thiazole rings is 1. The molecule has 0 saturated carbocycles. The molecule has 2 heterocycles. The van der Waals surface area contributed by atoms with E-state index in [9.17, 15) is 9.59 Å². The summed E-state index contributed by atoms with van der Waals surface area (Å²) in [6.45, 7) is 8.21. The average Bonchev–Trinajstić information content (AvgIpc) is 3.11. The van der Waals surface area contributed by atoms with E-state index in [0.29, 0.717) is 13.1 Å². The number of piperidine rings is 1. The van der Waals surface area contributed by atoms with E-state index in [-0.39, 0.29) is 24.1 Å². The molecule has 0 bridgehead atoms. The minimum Gasteiger partial charge on any atom is -0.338 e. The molecule has 0 spiro atoms. The predicted octanol–water partition coefficient (Wildman–Crippen LogP) is 5.25. The first-order valence-electron chi connectivity index (χ1n) is 11.1. The standard InChI is InChI=1S/C22H33N5O2S2/c1-4-5-6-11-23-20(28)26-12-9-16(10-13-26)24-21(29)27(15(2)3)17-7-8-18-19(14-17)31-22(30)25-18/h7-8,14-16H,4-6,9-13H2,1-3H3,(H,23,28)(H,24,29)(H,25,30). The Morgan fingerprint density at radius 2 is 2.03 bits per heavy atom. The van der Waals surface area contributed by atoms with Crippen molar-refractivity contribution >= 4 is 51.5 Å². The van der Waals surface area contributed by atoms with E-state index in [1.54, 1.807) is 4.90 Å². The summed E-state index contributed by atoms with van der Waals surface area (Å²) in [7, 11) is 0. The molecule has 3 rings (SSSR count). The van der Waals surface area contributed by atoms with Gasteiger partial charge in [0, 0.05) is 37.4 Å². The lowest BCUT2D eigenvalue weighted by Crippen LogP contribution is -2.53. The van der Waals surface area contributed by atoms with Crippen molar-refractivity contribution in [1.82, 2.24) is 20.5 Å². The number of fused-ring (bicyclic) bond motifs is 1.